The van der Waals surface area contributed by atoms with Crippen molar-refractivity contribution in [1.82, 2.24) is 9.55 Å². The Bertz CT molecular complexity index is 805. The quantitative estimate of drug-likeness (QED) is 0.744. The normalized spacial score (nSPS) is 18.2. The molecular weight excluding hydrogens is 328 g/mol. The number of phenolic OH excluding ortho intramolecular Hbond substituents is 1. The van der Waals surface area contributed by atoms with E-state index in [-0.39, 0.29) is 11.7 Å². The van der Waals surface area contributed by atoms with Gasteiger partial charge in [-0.15, -0.1) is 0 Å². The Morgan fingerprint density at radius 1 is 1.31 bits per heavy atom. The van der Waals surface area contributed by atoms with Gasteiger partial charge in [0.25, 0.3) is 0 Å². The van der Waals surface area contributed by atoms with Crippen LogP contribution in [0.2, 0.25) is 0 Å². The van der Waals surface area contributed by atoms with Crippen LogP contribution in [0.15, 0.2) is 24.5 Å². The number of aromatic nitrogens is 2. The molecule has 1 atom stereocenters. The monoisotopic (exact) mass is 354 g/mol. The average molecular weight is 354 g/mol. The van der Waals surface area contributed by atoms with Gasteiger partial charge < -0.3 is 20.7 Å². The van der Waals surface area contributed by atoms with Gasteiger partial charge in [0.05, 0.1) is 23.8 Å². The second kappa shape index (κ2) is 6.43. The maximum Gasteiger partial charge on any atom is 0.241 e. The summed E-state index contributed by atoms with van der Waals surface area (Å²) in [6.07, 6.45) is 6.50. The molecule has 0 radical (unpaired) electrons. The molecule has 4 rings (SSSR count). The van der Waals surface area contributed by atoms with Crippen LogP contribution in [0.3, 0.4) is 0 Å². The molecule has 1 aromatic carbocycles. The van der Waals surface area contributed by atoms with Gasteiger partial charge in [-0.05, 0) is 62.5 Å². The molecule has 0 aliphatic heterocycles. The van der Waals surface area contributed by atoms with Gasteiger partial charge in [-0.25, -0.2) is 4.98 Å². The first-order valence-electron chi connectivity index (χ1n) is 9.33. The summed E-state index contributed by atoms with van der Waals surface area (Å²) in [5, 5.41) is 13.3. The van der Waals surface area contributed by atoms with E-state index in [4.69, 9.17) is 5.73 Å². The van der Waals surface area contributed by atoms with Gasteiger partial charge in [0.15, 0.2) is 0 Å². The Labute approximate surface area is 153 Å². The molecule has 2 aliphatic rings. The lowest BCUT2D eigenvalue weighted by Gasteiger charge is -2.23. The summed E-state index contributed by atoms with van der Waals surface area (Å²) in [5.41, 5.74) is 9.26. The second-order valence-electron chi connectivity index (χ2n) is 7.79. The highest BCUT2D eigenvalue weighted by Gasteiger charge is 2.46. The Hall–Kier alpha value is -2.34. The molecule has 0 unspecified atom stereocenters. The smallest absolute Gasteiger partial charge is 0.241 e. The van der Waals surface area contributed by atoms with Crippen molar-refractivity contribution < 1.29 is 9.90 Å². The molecule has 4 N–H and O–H groups in total. The lowest BCUT2D eigenvalue weighted by molar-refractivity contribution is -0.118. The number of carbonyl (C=O) groups excluding carboxylic acids is 1. The number of aryl methyl sites for hydroxylation is 2. The zero-order valence-electron chi connectivity index (χ0n) is 15.3. The second-order valence-corrected chi connectivity index (χ2v) is 7.79. The van der Waals surface area contributed by atoms with E-state index in [1.54, 1.807) is 24.5 Å². The van der Waals surface area contributed by atoms with Gasteiger partial charge >= 0.3 is 0 Å². The van der Waals surface area contributed by atoms with Crippen molar-refractivity contribution in [1.29, 1.82) is 0 Å². The Kier molecular flexibility index (Phi) is 4.23. The fraction of sp³-hybridized carbons (Fsp3) is 0.500. The van der Waals surface area contributed by atoms with Crippen LogP contribution in [-0.2, 0) is 11.8 Å². The molecule has 0 saturated heterocycles. The molecule has 0 bridgehead atoms. The molecule has 26 heavy (non-hydrogen) atoms. The maximum absolute atomic E-state index is 12.6. The van der Waals surface area contributed by atoms with Crippen molar-refractivity contribution in [2.45, 2.75) is 38.6 Å². The predicted octanol–water partition coefficient (Wildman–Crippen LogP) is 2.80. The number of rotatable bonds is 6. The maximum atomic E-state index is 12.6. The predicted molar refractivity (Wildman–Crippen MR) is 101 cm³/mol. The minimum absolute atomic E-state index is 0.115. The first-order valence-corrected chi connectivity index (χ1v) is 9.33. The van der Waals surface area contributed by atoms with Crippen LogP contribution in [0.25, 0.3) is 11.3 Å². The molecule has 2 fully saturated rings. The number of carbonyl (C=O) groups is 1. The molecule has 138 valence electrons. The van der Waals surface area contributed by atoms with E-state index >= 15 is 0 Å². The lowest BCUT2D eigenvalue weighted by Crippen LogP contribution is -2.43. The first kappa shape index (κ1) is 17.1. The first-order chi connectivity index (χ1) is 12.5. The number of nitrogens with one attached hydrogen (secondary N) is 1. The van der Waals surface area contributed by atoms with Crippen LogP contribution in [0.4, 0.5) is 5.69 Å². The van der Waals surface area contributed by atoms with Crippen LogP contribution in [0, 0.1) is 24.7 Å². The van der Waals surface area contributed by atoms with Crippen LogP contribution in [0.1, 0.15) is 31.4 Å². The highest BCUT2D eigenvalue weighted by molar-refractivity contribution is 5.95. The van der Waals surface area contributed by atoms with E-state index in [1.165, 1.54) is 25.7 Å². The topological polar surface area (TPSA) is 93.2 Å². The largest absolute Gasteiger partial charge is 0.507 e. The fourth-order valence-electron chi connectivity index (χ4n) is 4.08. The van der Waals surface area contributed by atoms with E-state index in [0.29, 0.717) is 29.0 Å². The molecule has 2 saturated carbocycles. The van der Waals surface area contributed by atoms with Crippen molar-refractivity contribution in [3.8, 4) is 17.0 Å². The highest BCUT2D eigenvalue weighted by atomic mass is 16.3. The SMILES string of the molecule is Cc1ncn(C)c1-c1ccc(NC(=O)[C@@H](N)C(C2CC2)C2CC2)cc1O. The number of aromatic hydroxyl groups is 1. The summed E-state index contributed by atoms with van der Waals surface area (Å²) in [6, 6.07) is 4.71. The fourth-order valence-corrected chi connectivity index (χ4v) is 4.08. The number of benzene rings is 1. The summed E-state index contributed by atoms with van der Waals surface area (Å²) >= 11 is 0. The summed E-state index contributed by atoms with van der Waals surface area (Å²) in [4.78, 5) is 16.9. The number of hydrogen-bond acceptors (Lipinski definition) is 4. The third kappa shape index (κ3) is 3.21. The third-order valence-corrected chi connectivity index (χ3v) is 5.69. The Morgan fingerprint density at radius 2 is 1.96 bits per heavy atom. The van der Waals surface area contributed by atoms with Crippen molar-refractivity contribution >= 4 is 11.6 Å². The van der Waals surface area contributed by atoms with Gasteiger partial charge in [0.2, 0.25) is 5.91 Å². The summed E-state index contributed by atoms with van der Waals surface area (Å²) in [7, 11) is 1.89. The minimum Gasteiger partial charge on any atom is -0.507 e. The summed E-state index contributed by atoms with van der Waals surface area (Å²) < 4.78 is 1.87. The van der Waals surface area contributed by atoms with Crippen LogP contribution in [-0.4, -0.2) is 26.6 Å². The molecule has 6 heteroatoms. The van der Waals surface area contributed by atoms with Gasteiger partial charge in [-0.3, -0.25) is 4.79 Å². The van der Waals surface area contributed by atoms with Crippen LogP contribution < -0.4 is 11.1 Å². The molecule has 1 heterocycles. The van der Waals surface area contributed by atoms with Gasteiger partial charge in [0, 0.05) is 24.4 Å². The molecular formula is C20H26N4O2. The molecule has 0 spiro atoms. The molecule has 6 nitrogen and oxygen atoms in total. The van der Waals surface area contributed by atoms with E-state index < -0.39 is 6.04 Å². The van der Waals surface area contributed by atoms with Crippen LogP contribution in [0.5, 0.6) is 5.75 Å². The Morgan fingerprint density at radius 3 is 2.46 bits per heavy atom. The average Bonchev–Trinajstić information content (AvgIpc) is 3.51. The number of phenols is 1. The van der Waals surface area contributed by atoms with Crippen molar-refractivity contribution in [2.24, 2.45) is 30.5 Å². The standard InChI is InChI=1S/C20H26N4O2/c1-11-19(24(2)10-22-11)15-8-7-14(9-16(15)25)23-20(26)18(21)17(12-3-4-12)13-5-6-13/h7-10,12-13,17-18,25H,3-6,21H2,1-2H3,(H,23,26)/t18-/m0/s1. The number of nitrogens with two attached hydrogens (primary N) is 1. The van der Waals surface area contributed by atoms with Crippen molar-refractivity contribution in [2.75, 3.05) is 5.32 Å². The van der Waals surface area contributed by atoms with Crippen LogP contribution >= 0.6 is 0 Å². The number of amides is 1. The number of hydrogen-bond donors (Lipinski definition) is 3. The van der Waals surface area contributed by atoms with E-state index in [9.17, 15) is 9.90 Å². The van der Waals surface area contributed by atoms with Crippen molar-refractivity contribution in [3.05, 3.63) is 30.2 Å². The van der Waals surface area contributed by atoms with E-state index in [1.807, 2.05) is 18.5 Å². The van der Waals surface area contributed by atoms with Gasteiger partial charge in [0.1, 0.15) is 5.75 Å². The summed E-state index contributed by atoms with van der Waals surface area (Å²) in [5.74, 6) is 1.50. The lowest BCUT2D eigenvalue weighted by atomic mass is 9.89. The zero-order chi connectivity index (χ0) is 18.4. The minimum atomic E-state index is -0.476. The zero-order valence-corrected chi connectivity index (χ0v) is 15.3. The van der Waals surface area contributed by atoms with Gasteiger partial charge in [-0.2, -0.15) is 0 Å². The molecule has 1 aromatic heterocycles. The van der Waals surface area contributed by atoms with Crippen molar-refractivity contribution in [3.63, 3.8) is 0 Å². The number of anilines is 1. The number of nitrogens with zero attached hydrogens (tertiary/aromatic N) is 2. The molecule has 2 aliphatic carbocycles. The summed E-state index contributed by atoms with van der Waals surface area (Å²) in [6.45, 7) is 1.90. The van der Waals surface area contributed by atoms with E-state index in [0.717, 1.165) is 11.4 Å². The third-order valence-electron chi connectivity index (χ3n) is 5.69. The highest BCUT2D eigenvalue weighted by Crippen LogP contribution is 2.50. The van der Waals surface area contributed by atoms with Gasteiger partial charge in [-0.1, -0.05) is 0 Å². The molecule has 1 amide bonds. The Balaban J connectivity index is 1.50. The molecule has 2 aromatic rings. The number of imidazole rings is 1. The van der Waals surface area contributed by atoms with E-state index in [2.05, 4.69) is 10.3 Å².